The second-order valence-corrected chi connectivity index (χ2v) is 7.45. The molecule has 2 heterocycles. The molecule has 0 unspecified atom stereocenters. The molecule has 2 aromatic rings. The fraction of sp³-hybridized carbons (Fsp3) is 0. The van der Waals surface area contributed by atoms with E-state index in [0.717, 1.165) is 0 Å². The van der Waals surface area contributed by atoms with Crippen LogP contribution in [0.25, 0.3) is 0 Å². The molecule has 0 aromatic carbocycles. The number of hydrogen-bond acceptors (Lipinski definition) is 7. The third kappa shape index (κ3) is 3.19. The van der Waals surface area contributed by atoms with Gasteiger partial charge in [-0.25, -0.2) is 18.4 Å². The van der Waals surface area contributed by atoms with E-state index >= 15 is 0 Å². The summed E-state index contributed by atoms with van der Waals surface area (Å²) in [7, 11) is -4.09. The van der Waals surface area contributed by atoms with Gasteiger partial charge < -0.3 is 10.4 Å². The first-order valence-electron chi connectivity index (χ1n) is 4.81. The highest BCUT2D eigenvalue weighted by molar-refractivity contribution is 7.91. The van der Waals surface area contributed by atoms with Crippen LogP contribution >= 0.6 is 34.5 Å². The number of rotatable bonds is 3. The molecule has 20 heavy (non-hydrogen) atoms. The van der Waals surface area contributed by atoms with Gasteiger partial charge in [0.1, 0.15) is 4.34 Å². The van der Waals surface area contributed by atoms with Crippen molar-refractivity contribution in [3.63, 3.8) is 0 Å². The molecule has 0 aliphatic carbocycles. The Hall–Kier alpha value is -1.40. The number of carbonyl (C=O) groups excluding carboxylic acids is 1. The Labute approximate surface area is 126 Å². The van der Waals surface area contributed by atoms with E-state index in [-0.39, 0.29) is 5.82 Å². The van der Waals surface area contributed by atoms with Gasteiger partial charge in [-0.05, 0) is 23.0 Å². The van der Waals surface area contributed by atoms with Crippen LogP contribution in [0.5, 0.6) is 5.75 Å². The third-order valence-corrected chi connectivity index (χ3v) is 5.43. The Morgan fingerprint density at radius 3 is 2.65 bits per heavy atom. The molecule has 2 rings (SSSR count). The first-order valence-corrected chi connectivity index (χ1v) is 8.39. The number of aromatic nitrogens is 1. The largest absolute Gasteiger partial charge is 0.503 e. The number of sulfonamides is 1. The smallest absolute Gasteiger partial charge is 0.325 e. The highest BCUT2D eigenvalue weighted by atomic mass is 35.5. The summed E-state index contributed by atoms with van der Waals surface area (Å²) in [4.78, 5) is 11.6. The van der Waals surface area contributed by atoms with Crippen LogP contribution in [0.15, 0.2) is 15.7 Å². The molecule has 0 saturated carbocycles. The number of nitrogens with two attached hydrogens (primary N) is 1. The van der Waals surface area contributed by atoms with Crippen molar-refractivity contribution >= 4 is 62.0 Å². The van der Waals surface area contributed by atoms with Gasteiger partial charge in [-0.1, -0.05) is 11.6 Å². The van der Waals surface area contributed by atoms with E-state index in [9.17, 15) is 18.3 Å². The molecule has 12 heteroatoms. The summed E-state index contributed by atoms with van der Waals surface area (Å²) in [5, 5.41) is 20.8. The van der Waals surface area contributed by atoms with E-state index in [0.29, 0.717) is 21.6 Å². The number of aromatic hydroxyl groups is 1. The molecule has 0 fully saturated rings. The van der Waals surface area contributed by atoms with E-state index in [4.69, 9.17) is 16.7 Å². The third-order valence-electron chi connectivity index (χ3n) is 1.99. The minimum absolute atomic E-state index is 0.303. The van der Waals surface area contributed by atoms with Crippen molar-refractivity contribution in [1.29, 1.82) is 0 Å². The maximum absolute atomic E-state index is 11.6. The van der Waals surface area contributed by atoms with Gasteiger partial charge in [-0.2, -0.15) is 4.37 Å². The van der Waals surface area contributed by atoms with E-state index in [1.807, 2.05) is 0 Å². The monoisotopic (exact) mass is 354 g/mol. The van der Waals surface area contributed by atoms with Crippen molar-refractivity contribution in [2.24, 2.45) is 5.14 Å². The quantitative estimate of drug-likeness (QED) is 0.667. The molecule has 2 amide bonds. The minimum atomic E-state index is -4.09. The standard InChI is InChI=1S/C8H7ClN4O4S3/c9-5-3(1-2-18-5)11-8(15)12-6-4(14)7(19-13-6)20(10,16)17/h1-2,14H,(H2,10,16,17)(H2,11,12,13,15). The summed E-state index contributed by atoms with van der Waals surface area (Å²) >= 11 is 7.48. The average Bonchev–Trinajstić information content (AvgIpc) is 2.87. The molecule has 0 spiro atoms. The van der Waals surface area contributed by atoms with Crippen LogP contribution in [-0.4, -0.2) is 23.9 Å². The maximum Gasteiger partial charge on any atom is 0.325 e. The van der Waals surface area contributed by atoms with Gasteiger partial charge in [0.25, 0.3) is 10.0 Å². The van der Waals surface area contributed by atoms with E-state index < -0.39 is 26.0 Å². The van der Waals surface area contributed by atoms with E-state index in [1.165, 1.54) is 11.3 Å². The molecule has 5 N–H and O–H groups in total. The number of urea groups is 1. The topological polar surface area (TPSA) is 134 Å². The molecule has 0 saturated heterocycles. The number of carbonyl (C=O) groups is 1. The van der Waals surface area contributed by atoms with Crippen LogP contribution in [0.2, 0.25) is 4.34 Å². The Kier molecular flexibility index (Phi) is 4.15. The number of halogens is 1. The van der Waals surface area contributed by atoms with Gasteiger partial charge in [-0.15, -0.1) is 11.3 Å². The van der Waals surface area contributed by atoms with Crippen LogP contribution in [0.4, 0.5) is 16.3 Å². The van der Waals surface area contributed by atoms with Gasteiger partial charge in [0.05, 0.1) is 5.69 Å². The lowest BCUT2D eigenvalue weighted by Crippen LogP contribution is -2.19. The Balaban J connectivity index is 2.13. The molecule has 8 nitrogen and oxygen atoms in total. The van der Waals surface area contributed by atoms with Gasteiger partial charge in [0.2, 0.25) is 0 Å². The molecule has 0 aliphatic rings. The molecule has 108 valence electrons. The molecule has 2 aromatic heterocycles. The molecule has 0 aliphatic heterocycles. The maximum atomic E-state index is 11.6. The number of anilines is 2. The highest BCUT2D eigenvalue weighted by Gasteiger charge is 2.23. The van der Waals surface area contributed by atoms with Crippen LogP contribution in [0, 0.1) is 0 Å². The zero-order chi connectivity index (χ0) is 14.9. The number of thiophene rings is 1. The Morgan fingerprint density at radius 2 is 2.15 bits per heavy atom. The molecule has 0 atom stereocenters. The summed E-state index contributed by atoms with van der Waals surface area (Å²) < 4.78 is 25.7. The minimum Gasteiger partial charge on any atom is -0.503 e. The Morgan fingerprint density at radius 1 is 1.45 bits per heavy atom. The number of nitrogens with one attached hydrogen (secondary N) is 2. The predicted octanol–water partition coefficient (Wildman–Crippen LogP) is 1.85. The predicted molar refractivity (Wildman–Crippen MR) is 77.1 cm³/mol. The Bertz CT molecular complexity index is 754. The fourth-order valence-corrected chi connectivity index (χ4v) is 3.40. The van der Waals surface area contributed by atoms with Crippen molar-refractivity contribution in [2.75, 3.05) is 10.6 Å². The summed E-state index contributed by atoms with van der Waals surface area (Å²) in [5.41, 5.74) is 0.385. The summed E-state index contributed by atoms with van der Waals surface area (Å²) in [6.45, 7) is 0. The van der Waals surface area contributed by atoms with Gasteiger partial charge in [0.15, 0.2) is 15.8 Å². The SMILES string of the molecule is NS(=O)(=O)c1snc(NC(=O)Nc2ccsc2Cl)c1O. The van der Waals surface area contributed by atoms with E-state index in [1.54, 1.807) is 11.4 Å². The second kappa shape index (κ2) is 5.54. The molecule has 0 radical (unpaired) electrons. The lowest BCUT2D eigenvalue weighted by atomic mass is 10.5. The number of hydrogen-bond donors (Lipinski definition) is 4. The summed E-state index contributed by atoms with van der Waals surface area (Å²) in [6.07, 6.45) is 0. The van der Waals surface area contributed by atoms with Crippen molar-refractivity contribution in [3.05, 3.63) is 15.8 Å². The van der Waals surface area contributed by atoms with Gasteiger partial charge >= 0.3 is 6.03 Å². The molecular weight excluding hydrogens is 348 g/mol. The van der Waals surface area contributed by atoms with Crippen LogP contribution < -0.4 is 15.8 Å². The lowest BCUT2D eigenvalue weighted by Gasteiger charge is -2.04. The zero-order valence-electron chi connectivity index (χ0n) is 9.45. The first-order chi connectivity index (χ1) is 9.29. The number of primary sulfonamides is 1. The van der Waals surface area contributed by atoms with Crippen molar-refractivity contribution in [1.82, 2.24) is 4.37 Å². The van der Waals surface area contributed by atoms with Crippen molar-refractivity contribution in [3.8, 4) is 5.75 Å². The lowest BCUT2D eigenvalue weighted by molar-refractivity contribution is 0.262. The molecular formula is C8H7ClN4O4S3. The van der Waals surface area contributed by atoms with Crippen LogP contribution in [0.3, 0.4) is 0 Å². The normalized spacial score (nSPS) is 11.3. The van der Waals surface area contributed by atoms with Crippen molar-refractivity contribution < 1.29 is 18.3 Å². The summed E-state index contributed by atoms with van der Waals surface area (Å²) in [5.74, 6) is -1.01. The van der Waals surface area contributed by atoms with Crippen LogP contribution in [0.1, 0.15) is 0 Å². The zero-order valence-corrected chi connectivity index (χ0v) is 12.7. The van der Waals surface area contributed by atoms with E-state index in [2.05, 4.69) is 15.0 Å². The van der Waals surface area contributed by atoms with Gasteiger partial charge in [-0.3, -0.25) is 5.32 Å². The van der Waals surface area contributed by atoms with Crippen molar-refractivity contribution in [2.45, 2.75) is 4.21 Å². The fourth-order valence-electron chi connectivity index (χ4n) is 1.18. The average molecular weight is 355 g/mol. The summed E-state index contributed by atoms with van der Waals surface area (Å²) in [6, 6.07) is 0.857. The number of amides is 2. The second-order valence-electron chi connectivity index (χ2n) is 3.40. The molecule has 0 bridgehead atoms. The number of nitrogens with zero attached hydrogens (tertiary/aromatic N) is 1. The van der Waals surface area contributed by atoms with Gasteiger partial charge in [0, 0.05) is 0 Å². The highest BCUT2D eigenvalue weighted by Crippen LogP contribution is 2.34. The van der Waals surface area contributed by atoms with Crippen LogP contribution in [-0.2, 0) is 10.0 Å². The first kappa shape index (κ1) is 15.0.